The van der Waals surface area contributed by atoms with Crippen molar-refractivity contribution in [3.05, 3.63) is 30.6 Å². The monoisotopic (exact) mass is 383 g/mol. The first kappa shape index (κ1) is 19.4. The molecule has 2 rings (SSSR count). The molecule has 1 aromatic heterocycles. The van der Waals surface area contributed by atoms with Crippen molar-refractivity contribution >= 4 is 33.4 Å². The predicted molar refractivity (Wildman–Crippen MR) is 96.7 cm³/mol. The maximum Gasteiger partial charge on any atom is 0.238 e. The molecule has 1 heterocycles. The highest BCUT2D eigenvalue weighted by Gasteiger charge is 2.10. The van der Waals surface area contributed by atoms with Gasteiger partial charge in [-0.1, -0.05) is 31.5 Å². The van der Waals surface area contributed by atoms with Gasteiger partial charge in [-0.3, -0.25) is 4.79 Å². The molecule has 0 fully saturated rings. The number of benzene rings is 1. The van der Waals surface area contributed by atoms with Gasteiger partial charge in [0.05, 0.1) is 10.6 Å². The van der Waals surface area contributed by atoms with Gasteiger partial charge in [0.25, 0.3) is 0 Å². The Morgan fingerprint density at radius 3 is 2.64 bits per heavy atom. The number of aromatic nitrogens is 3. The molecular formula is C15H21N5O3S2. The van der Waals surface area contributed by atoms with E-state index in [0.29, 0.717) is 10.8 Å². The fourth-order valence-electron chi connectivity index (χ4n) is 2.10. The van der Waals surface area contributed by atoms with E-state index in [1.54, 1.807) is 6.33 Å². The van der Waals surface area contributed by atoms with Gasteiger partial charge in [-0.25, -0.2) is 13.6 Å². The van der Waals surface area contributed by atoms with Crippen LogP contribution in [0.3, 0.4) is 0 Å². The molecule has 1 amide bonds. The van der Waals surface area contributed by atoms with Crippen molar-refractivity contribution in [2.24, 2.45) is 5.14 Å². The van der Waals surface area contributed by atoms with Crippen LogP contribution in [0.1, 0.15) is 26.2 Å². The highest BCUT2D eigenvalue weighted by molar-refractivity contribution is 7.99. The van der Waals surface area contributed by atoms with E-state index in [-0.39, 0.29) is 16.6 Å². The van der Waals surface area contributed by atoms with Gasteiger partial charge in [0, 0.05) is 12.2 Å². The lowest BCUT2D eigenvalue weighted by atomic mass is 10.2. The number of sulfonamides is 1. The van der Waals surface area contributed by atoms with Crippen molar-refractivity contribution in [2.45, 2.75) is 42.8 Å². The fraction of sp³-hybridized carbons (Fsp3) is 0.400. The Morgan fingerprint density at radius 2 is 2.00 bits per heavy atom. The van der Waals surface area contributed by atoms with Crippen LogP contribution >= 0.6 is 11.8 Å². The summed E-state index contributed by atoms with van der Waals surface area (Å²) in [6.07, 6.45) is 4.99. The summed E-state index contributed by atoms with van der Waals surface area (Å²) in [6, 6.07) is 5.69. The fourth-order valence-corrected chi connectivity index (χ4v) is 3.35. The molecule has 0 saturated carbocycles. The normalized spacial score (nSPS) is 11.4. The Kier molecular flexibility index (Phi) is 6.97. The summed E-state index contributed by atoms with van der Waals surface area (Å²) in [5, 5.41) is 16.4. The molecule has 0 atom stereocenters. The first-order valence-electron chi connectivity index (χ1n) is 7.83. The number of rotatable bonds is 9. The number of amides is 1. The first-order valence-corrected chi connectivity index (χ1v) is 10.4. The summed E-state index contributed by atoms with van der Waals surface area (Å²) >= 11 is 1.31. The minimum atomic E-state index is -3.74. The summed E-state index contributed by atoms with van der Waals surface area (Å²) < 4.78 is 24.3. The zero-order valence-electron chi connectivity index (χ0n) is 13.9. The molecule has 0 aliphatic heterocycles. The Morgan fingerprint density at radius 1 is 1.28 bits per heavy atom. The molecule has 136 valence electrons. The molecule has 0 radical (unpaired) electrons. The third-order valence-corrected chi connectivity index (χ3v) is 5.29. The number of hydrogen-bond acceptors (Lipinski definition) is 6. The van der Waals surface area contributed by atoms with E-state index >= 15 is 0 Å². The number of aryl methyl sites for hydroxylation is 1. The average molecular weight is 383 g/mol. The molecule has 2 aromatic rings. The van der Waals surface area contributed by atoms with Crippen molar-refractivity contribution < 1.29 is 13.2 Å². The number of nitrogens with one attached hydrogen (secondary N) is 1. The van der Waals surface area contributed by atoms with Gasteiger partial charge >= 0.3 is 0 Å². The summed E-state index contributed by atoms with van der Waals surface area (Å²) in [5.74, 6) is -0.0277. The third-order valence-electron chi connectivity index (χ3n) is 3.38. The van der Waals surface area contributed by atoms with Crippen LogP contribution < -0.4 is 10.5 Å². The lowest BCUT2D eigenvalue weighted by molar-refractivity contribution is -0.113. The van der Waals surface area contributed by atoms with E-state index < -0.39 is 10.0 Å². The molecule has 0 spiro atoms. The maximum absolute atomic E-state index is 12.0. The number of unbranched alkanes of at least 4 members (excludes halogenated alkanes) is 2. The van der Waals surface area contributed by atoms with Crippen molar-refractivity contribution in [3.63, 3.8) is 0 Å². The summed E-state index contributed by atoms with van der Waals surface area (Å²) in [6.45, 7) is 2.97. The van der Waals surface area contributed by atoms with Gasteiger partial charge in [0.15, 0.2) is 5.16 Å². The zero-order chi connectivity index (χ0) is 18.3. The van der Waals surface area contributed by atoms with E-state index in [2.05, 4.69) is 22.4 Å². The van der Waals surface area contributed by atoms with Crippen LogP contribution in [0.4, 0.5) is 5.69 Å². The SMILES string of the molecule is CCCCCn1cnnc1SCC(=O)Nc1ccc(S(N)(=O)=O)cc1. The van der Waals surface area contributed by atoms with Crippen LogP contribution in [0.2, 0.25) is 0 Å². The van der Waals surface area contributed by atoms with Crippen LogP contribution in [0.15, 0.2) is 40.6 Å². The van der Waals surface area contributed by atoms with E-state index in [9.17, 15) is 13.2 Å². The molecule has 1 aromatic carbocycles. The second-order valence-electron chi connectivity index (χ2n) is 5.42. The highest BCUT2D eigenvalue weighted by atomic mass is 32.2. The number of hydrogen-bond donors (Lipinski definition) is 2. The number of carbonyl (C=O) groups is 1. The van der Waals surface area contributed by atoms with Crippen LogP contribution in [0, 0.1) is 0 Å². The zero-order valence-corrected chi connectivity index (χ0v) is 15.5. The summed E-state index contributed by atoms with van der Waals surface area (Å²) in [4.78, 5) is 12.0. The Hall–Kier alpha value is -1.91. The topological polar surface area (TPSA) is 120 Å². The molecule has 0 bridgehead atoms. The van der Waals surface area contributed by atoms with Gasteiger partial charge in [-0.15, -0.1) is 10.2 Å². The van der Waals surface area contributed by atoms with Gasteiger partial charge in [-0.05, 0) is 30.7 Å². The summed E-state index contributed by atoms with van der Waals surface area (Å²) in [5.41, 5.74) is 0.502. The smallest absolute Gasteiger partial charge is 0.238 e. The number of thioether (sulfide) groups is 1. The minimum Gasteiger partial charge on any atom is -0.325 e. The number of nitrogens with two attached hydrogens (primary N) is 1. The highest BCUT2D eigenvalue weighted by Crippen LogP contribution is 2.17. The minimum absolute atomic E-state index is 0.0000509. The van der Waals surface area contributed by atoms with E-state index in [0.717, 1.165) is 25.8 Å². The molecular weight excluding hydrogens is 362 g/mol. The maximum atomic E-state index is 12.0. The molecule has 25 heavy (non-hydrogen) atoms. The van der Waals surface area contributed by atoms with Gasteiger partial charge in [-0.2, -0.15) is 0 Å². The second-order valence-corrected chi connectivity index (χ2v) is 7.92. The van der Waals surface area contributed by atoms with Crippen molar-refractivity contribution in [3.8, 4) is 0 Å². The number of primary sulfonamides is 1. The molecule has 0 aliphatic carbocycles. The van der Waals surface area contributed by atoms with Crippen LogP contribution in [0.5, 0.6) is 0 Å². The Balaban J connectivity index is 1.86. The van der Waals surface area contributed by atoms with Crippen LogP contribution in [0.25, 0.3) is 0 Å². The lowest BCUT2D eigenvalue weighted by Gasteiger charge is -2.07. The predicted octanol–water partition coefficient (Wildman–Crippen LogP) is 1.85. The molecule has 10 heteroatoms. The molecule has 0 saturated heterocycles. The third kappa shape index (κ3) is 6.15. The Bertz CT molecular complexity index is 803. The Labute approximate surface area is 151 Å². The van der Waals surface area contributed by atoms with E-state index in [1.165, 1.54) is 36.0 Å². The van der Waals surface area contributed by atoms with E-state index in [4.69, 9.17) is 5.14 Å². The number of nitrogens with zero attached hydrogens (tertiary/aromatic N) is 3. The standard InChI is InChI=1S/C15H21N5O3S2/c1-2-3-4-9-20-11-17-19-15(20)24-10-14(21)18-12-5-7-13(8-6-12)25(16,22)23/h5-8,11H,2-4,9-10H2,1H3,(H,18,21)(H2,16,22,23). The molecule has 8 nitrogen and oxygen atoms in total. The largest absolute Gasteiger partial charge is 0.325 e. The molecule has 3 N–H and O–H groups in total. The van der Waals surface area contributed by atoms with Gasteiger partial charge in [0.1, 0.15) is 6.33 Å². The first-order chi connectivity index (χ1) is 11.9. The quantitative estimate of drug-likeness (QED) is 0.504. The molecule has 0 aliphatic rings. The number of anilines is 1. The molecule has 0 unspecified atom stereocenters. The van der Waals surface area contributed by atoms with Crippen molar-refractivity contribution in [2.75, 3.05) is 11.1 Å². The van der Waals surface area contributed by atoms with Gasteiger partial charge in [0.2, 0.25) is 15.9 Å². The van der Waals surface area contributed by atoms with Crippen molar-refractivity contribution in [1.82, 2.24) is 14.8 Å². The van der Waals surface area contributed by atoms with Crippen LogP contribution in [-0.4, -0.2) is 34.8 Å². The van der Waals surface area contributed by atoms with Gasteiger partial charge < -0.3 is 9.88 Å². The lowest BCUT2D eigenvalue weighted by Crippen LogP contribution is -2.15. The van der Waals surface area contributed by atoms with Crippen LogP contribution in [-0.2, 0) is 21.4 Å². The second kappa shape index (κ2) is 8.97. The number of carbonyl (C=O) groups excluding carboxylic acids is 1. The van der Waals surface area contributed by atoms with E-state index in [1.807, 2.05) is 4.57 Å². The average Bonchev–Trinajstić information content (AvgIpc) is 3.00. The summed E-state index contributed by atoms with van der Waals surface area (Å²) in [7, 11) is -3.74. The van der Waals surface area contributed by atoms with Crippen molar-refractivity contribution in [1.29, 1.82) is 0 Å².